The molecule has 0 unspecified atom stereocenters. The van der Waals surface area contributed by atoms with Gasteiger partial charge in [-0.05, 0) is 48.7 Å². The zero-order valence-electron chi connectivity index (χ0n) is 15.4. The highest BCUT2D eigenvalue weighted by Crippen LogP contribution is 2.20. The van der Waals surface area contributed by atoms with Crippen molar-refractivity contribution in [3.05, 3.63) is 65.2 Å². The van der Waals surface area contributed by atoms with Gasteiger partial charge in [-0.25, -0.2) is 8.78 Å². The van der Waals surface area contributed by atoms with Crippen LogP contribution >= 0.6 is 0 Å². The SMILES string of the molecule is Cc1ccc(F)cc1NC(=O)CN1CCCN(Cc2ccc(F)cc2)S1(=O)=O. The number of nitrogens with one attached hydrogen (secondary N) is 1. The van der Waals surface area contributed by atoms with Crippen LogP contribution in [0, 0.1) is 18.6 Å². The van der Waals surface area contributed by atoms with Crippen molar-refractivity contribution in [2.75, 3.05) is 25.0 Å². The Labute approximate surface area is 162 Å². The highest BCUT2D eigenvalue weighted by atomic mass is 32.2. The predicted molar refractivity (Wildman–Crippen MR) is 102 cm³/mol. The second-order valence-electron chi connectivity index (χ2n) is 6.66. The zero-order valence-corrected chi connectivity index (χ0v) is 16.2. The van der Waals surface area contributed by atoms with Gasteiger partial charge in [-0.1, -0.05) is 18.2 Å². The fourth-order valence-electron chi connectivity index (χ4n) is 3.01. The van der Waals surface area contributed by atoms with Crippen LogP contribution in [0.15, 0.2) is 42.5 Å². The van der Waals surface area contributed by atoms with E-state index < -0.39 is 27.8 Å². The standard InChI is InChI=1S/C19H21F2N3O3S/c1-14-3-6-17(21)11-18(14)22-19(25)13-24-10-2-9-23(28(24,26)27)12-15-4-7-16(20)8-5-15/h3-8,11H,2,9-10,12-13H2,1H3,(H,22,25). The van der Waals surface area contributed by atoms with E-state index in [0.717, 1.165) is 4.31 Å². The number of rotatable bonds is 5. The molecule has 9 heteroatoms. The van der Waals surface area contributed by atoms with E-state index in [-0.39, 0.29) is 19.6 Å². The Balaban J connectivity index is 1.68. The highest BCUT2D eigenvalue weighted by Gasteiger charge is 2.34. The summed E-state index contributed by atoms with van der Waals surface area (Å²) < 4.78 is 54.5. The third-order valence-corrected chi connectivity index (χ3v) is 6.46. The van der Waals surface area contributed by atoms with Gasteiger partial charge in [0.1, 0.15) is 11.6 Å². The van der Waals surface area contributed by atoms with Crippen LogP contribution in [0.2, 0.25) is 0 Å². The molecule has 2 aromatic rings. The molecule has 2 aromatic carbocycles. The molecule has 0 aliphatic carbocycles. The summed E-state index contributed by atoms with van der Waals surface area (Å²) in [7, 11) is -3.84. The highest BCUT2D eigenvalue weighted by molar-refractivity contribution is 7.86. The van der Waals surface area contributed by atoms with E-state index in [4.69, 9.17) is 0 Å². The van der Waals surface area contributed by atoms with Crippen LogP contribution < -0.4 is 5.32 Å². The Hall–Kier alpha value is -2.36. The largest absolute Gasteiger partial charge is 0.325 e. The summed E-state index contributed by atoms with van der Waals surface area (Å²) in [6.07, 6.45) is 0.562. The van der Waals surface area contributed by atoms with Gasteiger partial charge < -0.3 is 5.32 Å². The number of aryl methyl sites for hydroxylation is 1. The molecule has 3 rings (SSSR count). The number of hydrogen-bond acceptors (Lipinski definition) is 3. The lowest BCUT2D eigenvalue weighted by Crippen LogP contribution is -2.51. The molecule has 0 bridgehead atoms. The van der Waals surface area contributed by atoms with Crippen molar-refractivity contribution >= 4 is 21.8 Å². The van der Waals surface area contributed by atoms with Gasteiger partial charge in [0.2, 0.25) is 5.91 Å². The molecular formula is C19H21F2N3O3S. The number of carbonyl (C=O) groups excluding carboxylic acids is 1. The van der Waals surface area contributed by atoms with E-state index in [1.807, 2.05) is 0 Å². The van der Waals surface area contributed by atoms with Crippen molar-refractivity contribution in [3.8, 4) is 0 Å². The first-order valence-corrected chi connectivity index (χ1v) is 10.2. The number of amides is 1. The number of carbonyl (C=O) groups is 1. The minimum atomic E-state index is -3.84. The number of benzene rings is 2. The van der Waals surface area contributed by atoms with Gasteiger partial charge in [0, 0.05) is 25.3 Å². The maximum atomic E-state index is 13.4. The van der Waals surface area contributed by atoms with Crippen LogP contribution in [0.25, 0.3) is 0 Å². The Morgan fingerprint density at radius 2 is 1.68 bits per heavy atom. The topological polar surface area (TPSA) is 69.7 Å². The maximum absolute atomic E-state index is 13.4. The normalized spacial score (nSPS) is 17.4. The van der Waals surface area contributed by atoms with Gasteiger partial charge in [-0.3, -0.25) is 4.79 Å². The van der Waals surface area contributed by atoms with Gasteiger partial charge >= 0.3 is 0 Å². The summed E-state index contributed by atoms with van der Waals surface area (Å²) in [5.74, 6) is -1.42. The second kappa shape index (κ2) is 8.34. The first-order chi connectivity index (χ1) is 13.3. The van der Waals surface area contributed by atoms with E-state index in [9.17, 15) is 22.0 Å². The van der Waals surface area contributed by atoms with Gasteiger partial charge in [-0.15, -0.1) is 0 Å². The number of nitrogens with zero attached hydrogens (tertiary/aromatic N) is 2. The fraction of sp³-hybridized carbons (Fsp3) is 0.316. The molecule has 0 atom stereocenters. The molecule has 150 valence electrons. The van der Waals surface area contributed by atoms with Crippen LogP contribution in [0.1, 0.15) is 17.5 Å². The molecule has 28 heavy (non-hydrogen) atoms. The summed E-state index contributed by atoms with van der Waals surface area (Å²) in [4.78, 5) is 12.3. The summed E-state index contributed by atoms with van der Waals surface area (Å²) in [5.41, 5.74) is 1.64. The molecule has 1 heterocycles. The molecule has 1 fully saturated rings. The molecule has 1 aliphatic rings. The first-order valence-electron chi connectivity index (χ1n) is 8.81. The van der Waals surface area contributed by atoms with Gasteiger partial charge in [0.05, 0.1) is 6.54 Å². The third-order valence-electron chi connectivity index (χ3n) is 4.53. The van der Waals surface area contributed by atoms with Crippen LogP contribution in [0.3, 0.4) is 0 Å². The number of anilines is 1. The molecular weight excluding hydrogens is 388 g/mol. The molecule has 0 saturated carbocycles. The lowest BCUT2D eigenvalue weighted by atomic mass is 10.2. The van der Waals surface area contributed by atoms with E-state index in [0.29, 0.717) is 29.8 Å². The Kier molecular flexibility index (Phi) is 6.07. The monoisotopic (exact) mass is 409 g/mol. The summed E-state index contributed by atoms with van der Waals surface area (Å²) in [6.45, 7) is 2.00. The average Bonchev–Trinajstić information content (AvgIpc) is 2.63. The summed E-state index contributed by atoms with van der Waals surface area (Å²) in [6, 6.07) is 9.63. The maximum Gasteiger partial charge on any atom is 0.282 e. The summed E-state index contributed by atoms with van der Waals surface area (Å²) >= 11 is 0. The van der Waals surface area contributed by atoms with E-state index in [2.05, 4.69) is 5.32 Å². The van der Waals surface area contributed by atoms with Crippen LogP contribution in [-0.2, 0) is 21.5 Å². The van der Waals surface area contributed by atoms with Crippen molar-refractivity contribution < 1.29 is 22.0 Å². The van der Waals surface area contributed by atoms with Crippen LogP contribution in [0.4, 0.5) is 14.5 Å². The van der Waals surface area contributed by atoms with Crippen molar-refractivity contribution in [1.29, 1.82) is 0 Å². The van der Waals surface area contributed by atoms with E-state index in [1.54, 1.807) is 6.92 Å². The van der Waals surface area contributed by atoms with Crippen molar-refractivity contribution in [3.63, 3.8) is 0 Å². The van der Waals surface area contributed by atoms with Crippen molar-refractivity contribution in [1.82, 2.24) is 8.61 Å². The van der Waals surface area contributed by atoms with Crippen molar-refractivity contribution in [2.45, 2.75) is 19.9 Å². The lowest BCUT2D eigenvalue weighted by molar-refractivity contribution is -0.116. The Morgan fingerprint density at radius 3 is 2.39 bits per heavy atom. The van der Waals surface area contributed by atoms with Gasteiger partial charge in [0.25, 0.3) is 10.2 Å². The quantitative estimate of drug-likeness (QED) is 0.826. The molecule has 0 radical (unpaired) electrons. The molecule has 1 amide bonds. The minimum absolute atomic E-state index is 0.101. The number of halogens is 2. The van der Waals surface area contributed by atoms with Crippen molar-refractivity contribution in [2.24, 2.45) is 0 Å². The van der Waals surface area contributed by atoms with Gasteiger partial charge in [-0.2, -0.15) is 17.0 Å². The molecule has 0 aromatic heterocycles. The molecule has 6 nitrogen and oxygen atoms in total. The van der Waals surface area contributed by atoms with Crippen LogP contribution in [0.5, 0.6) is 0 Å². The van der Waals surface area contributed by atoms with Gasteiger partial charge in [0.15, 0.2) is 0 Å². The number of hydrogen-bond donors (Lipinski definition) is 1. The van der Waals surface area contributed by atoms with E-state index in [1.165, 1.54) is 46.8 Å². The fourth-order valence-corrected chi connectivity index (χ4v) is 4.65. The summed E-state index contributed by atoms with van der Waals surface area (Å²) in [5, 5.41) is 2.56. The predicted octanol–water partition coefficient (Wildman–Crippen LogP) is 2.66. The van der Waals surface area contributed by atoms with Crippen LogP contribution in [-0.4, -0.2) is 42.6 Å². The minimum Gasteiger partial charge on any atom is -0.325 e. The first kappa shape index (κ1) is 20.4. The molecule has 1 saturated heterocycles. The zero-order chi connectivity index (χ0) is 20.3. The average molecular weight is 409 g/mol. The molecule has 1 aliphatic heterocycles. The molecule has 1 N–H and O–H groups in total. The van der Waals surface area contributed by atoms with E-state index >= 15 is 0 Å². The Bertz CT molecular complexity index is 965. The smallest absolute Gasteiger partial charge is 0.282 e. The second-order valence-corrected chi connectivity index (χ2v) is 8.59. The third kappa shape index (κ3) is 4.73. The lowest BCUT2D eigenvalue weighted by Gasteiger charge is -2.34. The molecule has 0 spiro atoms. The Morgan fingerprint density at radius 1 is 1.04 bits per heavy atom.